The van der Waals surface area contributed by atoms with Gasteiger partial charge >= 0.3 is 5.97 Å². The summed E-state index contributed by atoms with van der Waals surface area (Å²) in [7, 11) is 0. The van der Waals surface area contributed by atoms with Crippen molar-refractivity contribution >= 4 is 12.0 Å². The Morgan fingerprint density at radius 3 is 2.07 bits per heavy atom. The highest BCUT2D eigenvalue weighted by Gasteiger charge is 2.10. The van der Waals surface area contributed by atoms with Crippen molar-refractivity contribution in [3.63, 3.8) is 0 Å². The molecule has 0 unspecified atom stereocenters. The lowest BCUT2D eigenvalue weighted by molar-refractivity contribution is -0.136. The normalized spacial score (nSPS) is 12.9. The molecule has 0 aliphatic heterocycles. The molecule has 0 fully saturated rings. The number of nitrogens with zero attached hydrogens (tertiary/aromatic N) is 1. The van der Waals surface area contributed by atoms with Crippen LogP contribution < -0.4 is 5.32 Å². The zero-order chi connectivity index (χ0) is 21.7. The molecule has 0 saturated heterocycles. The number of esters is 1. The van der Waals surface area contributed by atoms with Gasteiger partial charge < -0.3 is 10.1 Å². The maximum atomic E-state index is 12.0. The maximum Gasteiger partial charge on any atom is 0.313 e. The molecule has 0 aliphatic carbocycles. The van der Waals surface area contributed by atoms with Crippen molar-refractivity contribution < 1.29 is 9.53 Å². The quantitative estimate of drug-likeness (QED) is 0.106. The lowest BCUT2D eigenvalue weighted by Crippen LogP contribution is -2.34. The fourth-order valence-electron chi connectivity index (χ4n) is 2.62. The Hall–Kier alpha value is -1.84. The Kier molecular flexibility index (Phi) is 18.2. The van der Waals surface area contributed by atoms with Gasteiger partial charge in [0, 0.05) is 18.5 Å². The van der Waals surface area contributed by atoms with E-state index in [-0.39, 0.29) is 18.1 Å². The van der Waals surface area contributed by atoms with Gasteiger partial charge in [0.25, 0.3) is 6.02 Å². The maximum absolute atomic E-state index is 12.0. The number of nitrogens with one attached hydrogen (secondary N) is 1. The van der Waals surface area contributed by atoms with Gasteiger partial charge in [0.15, 0.2) is 0 Å². The second kappa shape index (κ2) is 19.5. The molecule has 0 amide bonds. The number of aliphatic imine (C=N–C) groups is 1. The fourth-order valence-corrected chi connectivity index (χ4v) is 2.62. The van der Waals surface area contributed by atoms with Gasteiger partial charge in [-0.2, -0.15) is 0 Å². The SMILES string of the molecule is CC/C=C\C/C=C\C/C=C\CCCCCCCC(=O)OC(=NC(C)C)NC(C)C. The first-order chi connectivity index (χ1) is 14.0. The Morgan fingerprint density at radius 2 is 1.45 bits per heavy atom. The van der Waals surface area contributed by atoms with E-state index in [0.717, 1.165) is 38.5 Å². The molecule has 0 heterocycles. The van der Waals surface area contributed by atoms with Crippen LogP contribution in [0.4, 0.5) is 0 Å². The first kappa shape index (κ1) is 27.2. The Labute approximate surface area is 179 Å². The summed E-state index contributed by atoms with van der Waals surface area (Å²) < 4.78 is 5.37. The van der Waals surface area contributed by atoms with E-state index >= 15 is 0 Å². The van der Waals surface area contributed by atoms with E-state index in [1.165, 1.54) is 19.3 Å². The molecule has 0 aromatic heterocycles. The van der Waals surface area contributed by atoms with Crippen LogP contribution in [0.1, 0.15) is 98.8 Å². The highest BCUT2D eigenvalue weighted by molar-refractivity contribution is 5.87. The average Bonchev–Trinajstić information content (AvgIpc) is 2.63. The zero-order valence-electron chi connectivity index (χ0n) is 19.5. The molecule has 0 spiro atoms. The summed E-state index contributed by atoms with van der Waals surface area (Å²) in [6.07, 6.45) is 23.7. The molecule has 0 radical (unpaired) electrons. The lowest BCUT2D eigenvalue weighted by atomic mass is 10.1. The van der Waals surface area contributed by atoms with Gasteiger partial charge in [-0.25, -0.2) is 4.99 Å². The Bertz CT molecular complexity index is 517. The molecule has 0 aliphatic rings. The minimum atomic E-state index is -0.196. The van der Waals surface area contributed by atoms with Crippen molar-refractivity contribution in [2.75, 3.05) is 0 Å². The van der Waals surface area contributed by atoms with Gasteiger partial charge in [-0.3, -0.25) is 4.79 Å². The number of hydrogen-bond donors (Lipinski definition) is 1. The summed E-state index contributed by atoms with van der Waals surface area (Å²) in [5, 5.41) is 3.09. The number of carbonyl (C=O) groups excluding carboxylic acids is 1. The molecule has 166 valence electrons. The molecule has 0 bridgehead atoms. The smallest absolute Gasteiger partial charge is 0.313 e. The van der Waals surface area contributed by atoms with Gasteiger partial charge in [0.1, 0.15) is 0 Å². The minimum Gasteiger partial charge on any atom is -0.393 e. The van der Waals surface area contributed by atoms with E-state index in [1.807, 2.05) is 27.7 Å². The number of carbonyl (C=O) groups is 1. The van der Waals surface area contributed by atoms with E-state index < -0.39 is 0 Å². The van der Waals surface area contributed by atoms with Crippen molar-refractivity contribution in [3.8, 4) is 0 Å². The predicted molar refractivity (Wildman–Crippen MR) is 126 cm³/mol. The molecule has 4 heteroatoms. The molecule has 0 saturated carbocycles. The van der Waals surface area contributed by atoms with Gasteiger partial charge in [-0.15, -0.1) is 0 Å². The molecular formula is C25H44N2O2. The zero-order valence-corrected chi connectivity index (χ0v) is 19.5. The number of hydrogen-bond acceptors (Lipinski definition) is 3. The number of rotatable bonds is 15. The highest BCUT2D eigenvalue weighted by Crippen LogP contribution is 2.09. The Balaban J connectivity index is 3.70. The van der Waals surface area contributed by atoms with E-state index in [9.17, 15) is 4.79 Å². The molecular weight excluding hydrogens is 360 g/mol. The van der Waals surface area contributed by atoms with E-state index in [0.29, 0.717) is 12.4 Å². The van der Waals surface area contributed by atoms with Crippen LogP contribution in [-0.4, -0.2) is 24.1 Å². The van der Waals surface area contributed by atoms with Crippen molar-refractivity contribution in [1.29, 1.82) is 0 Å². The molecule has 0 aromatic carbocycles. The number of unbranched alkanes of at least 4 members (excludes halogenated alkanes) is 5. The van der Waals surface area contributed by atoms with Crippen molar-refractivity contribution in [2.45, 2.75) is 111 Å². The minimum absolute atomic E-state index is 0.0945. The predicted octanol–water partition coefficient (Wildman–Crippen LogP) is 6.88. The van der Waals surface area contributed by atoms with Crippen LogP contribution in [0.15, 0.2) is 41.4 Å². The largest absolute Gasteiger partial charge is 0.393 e. The number of allylic oxidation sites excluding steroid dienone is 6. The van der Waals surface area contributed by atoms with Crippen LogP contribution in [0.25, 0.3) is 0 Å². The second-order valence-electron chi connectivity index (χ2n) is 7.90. The summed E-state index contributed by atoms with van der Waals surface area (Å²) in [6.45, 7) is 10.1. The standard InChI is InChI=1S/C25H44N2O2/c1-6-7-8-9-10-11-12-13-14-15-16-17-18-19-20-21-24(28)29-25(26-22(2)3)27-23(4)5/h7-8,10-11,13-14,22-23H,6,9,12,15-21H2,1-5H3,(H,26,27)/b8-7-,11-10-,14-13-. The van der Waals surface area contributed by atoms with Crippen LogP contribution in [0.3, 0.4) is 0 Å². The van der Waals surface area contributed by atoms with Crippen LogP contribution in [-0.2, 0) is 9.53 Å². The monoisotopic (exact) mass is 404 g/mol. The summed E-state index contributed by atoms with van der Waals surface area (Å²) in [4.78, 5) is 16.3. The van der Waals surface area contributed by atoms with Gasteiger partial charge in [0.2, 0.25) is 0 Å². The second-order valence-corrected chi connectivity index (χ2v) is 7.90. The van der Waals surface area contributed by atoms with E-state index in [1.54, 1.807) is 0 Å². The molecule has 0 atom stereocenters. The fraction of sp³-hybridized carbons (Fsp3) is 0.680. The van der Waals surface area contributed by atoms with Crippen LogP contribution in [0, 0.1) is 0 Å². The third-order valence-corrected chi connectivity index (χ3v) is 4.03. The van der Waals surface area contributed by atoms with Crippen LogP contribution >= 0.6 is 0 Å². The molecule has 29 heavy (non-hydrogen) atoms. The van der Waals surface area contributed by atoms with E-state index in [4.69, 9.17) is 4.74 Å². The summed E-state index contributed by atoms with van der Waals surface area (Å²) in [5.74, 6) is -0.196. The van der Waals surface area contributed by atoms with Crippen LogP contribution in [0.5, 0.6) is 0 Å². The Morgan fingerprint density at radius 1 is 0.862 bits per heavy atom. The first-order valence-electron chi connectivity index (χ1n) is 11.5. The third kappa shape index (κ3) is 20.7. The average molecular weight is 405 g/mol. The van der Waals surface area contributed by atoms with Gasteiger partial charge in [-0.05, 0) is 66.2 Å². The molecule has 0 rings (SSSR count). The number of amidine groups is 1. The van der Waals surface area contributed by atoms with Crippen LogP contribution in [0.2, 0.25) is 0 Å². The van der Waals surface area contributed by atoms with E-state index in [2.05, 4.69) is 53.7 Å². The summed E-state index contributed by atoms with van der Waals surface area (Å²) in [6, 6.07) is 0.629. The van der Waals surface area contributed by atoms with Crippen molar-refractivity contribution in [2.24, 2.45) is 4.99 Å². The first-order valence-corrected chi connectivity index (χ1v) is 11.5. The van der Waals surface area contributed by atoms with Crippen molar-refractivity contribution in [3.05, 3.63) is 36.5 Å². The lowest BCUT2D eigenvalue weighted by Gasteiger charge is -2.13. The summed E-state index contributed by atoms with van der Waals surface area (Å²) >= 11 is 0. The van der Waals surface area contributed by atoms with Gasteiger partial charge in [-0.1, -0.05) is 62.6 Å². The molecule has 1 N–H and O–H groups in total. The highest BCUT2D eigenvalue weighted by atomic mass is 16.6. The number of ether oxygens (including phenoxy) is 1. The van der Waals surface area contributed by atoms with Crippen molar-refractivity contribution in [1.82, 2.24) is 5.32 Å². The molecule has 0 aromatic rings. The third-order valence-electron chi connectivity index (χ3n) is 4.03. The topological polar surface area (TPSA) is 50.7 Å². The van der Waals surface area contributed by atoms with Gasteiger partial charge in [0.05, 0.1) is 0 Å². The molecule has 4 nitrogen and oxygen atoms in total. The summed E-state index contributed by atoms with van der Waals surface area (Å²) in [5.41, 5.74) is 0.